The van der Waals surface area contributed by atoms with Gasteiger partial charge < -0.3 is 10.2 Å². The van der Waals surface area contributed by atoms with Crippen LogP contribution in [0.1, 0.15) is 48.9 Å². The van der Waals surface area contributed by atoms with E-state index in [4.69, 9.17) is 0 Å². The van der Waals surface area contributed by atoms with E-state index in [1.54, 1.807) is 6.92 Å². The number of hydrogen-bond donors (Lipinski definition) is 1. The van der Waals surface area contributed by atoms with Crippen molar-refractivity contribution in [1.29, 1.82) is 0 Å². The Morgan fingerprint density at radius 1 is 1.07 bits per heavy atom. The average molecular weight is 364 g/mol. The van der Waals surface area contributed by atoms with Gasteiger partial charge in [0.05, 0.1) is 12.0 Å². The molecule has 4 heteroatoms. The second-order valence-electron chi connectivity index (χ2n) is 7.61. The van der Waals surface area contributed by atoms with Gasteiger partial charge in [-0.25, -0.2) is 0 Å². The molecule has 142 valence electrons. The van der Waals surface area contributed by atoms with E-state index in [9.17, 15) is 9.59 Å². The maximum atomic E-state index is 12.9. The first-order chi connectivity index (χ1) is 12.9. The van der Waals surface area contributed by atoms with Crippen LogP contribution in [0.25, 0.3) is 0 Å². The molecule has 0 spiro atoms. The molecule has 4 nitrogen and oxygen atoms in total. The van der Waals surface area contributed by atoms with Gasteiger partial charge in [-0.05, 0) is 31.4 Å². The molecule has 2 aromatic rings. The van der Waals surface area contributed by atoms with Crippen molar-refractivity contribution in [3.05, 3.63) is 71.3 Å². The highest BCUT2D eigenvalue weighted by molar-refractivity contribution is 5.81. The van der Waals surface area contributed by atoms with Crippen molar-refractivity contribution in [2.45, 2.75) is 39.2 Å². The number of likely N-dealkylation sites (tertiary alicyclic amines) is 1. The molecule has 0 aromatic heterocycles. The van der Waals surface area contributed by atoms with E-state index < -0.39 is 0 Å². The van der Waals surface area contributed by atoms with Crippen LogP contribution in [0.5, 0.6) is 0 Å². The van der Waals surface area contributed by atoms with Gasteiger partial charge in [-0.1, -0.05) is 60.2 Å². The lowest BCUT2D eigenvalue weighted by atomic mass is 9.83. The van der Waals surface area contributed by atoms with E-state index in [1.165, 1.54) is 11.1 Å². The van der Waals surface area contributed by atoms with Crippen molar-refractivity contribution >= 4 is 11.8 Å². The molecule has 1 heterocycles. The predicted molar refractivity (Wildman–Crippen MR) is 107 cm³/mol. The summed E-state index contributed by atoms with van der Waals surface area (Å²) in [4.78, 5) is 26.8. The molecule has 1 aliphatic rings. The van der Waals surface area contributed by atoms with Gasteiger partial charge in [0, 0.05) is 25.9 Å². The fourth-order valence-electron chi connectivity index (χ4n) is 3.87. The topological polar surface area (TPSA) is 49.4 Å². The molecule has 3 rings (SSSR count). The van der Waals surface area contributed by atoms with Crippen molar-refractivity contribution in [3.8, 4) is 0 Å². The molecule has 0 bridgehead atoms. The zero-order valence-corrected chi connectivity index (χ0v) is 16.3. The number of nitrogens with one attached hydrogen (secondary N) is 1. The molecular formula is C23H28N2O2. The predicted octanol–water partition coefficient (Wildman–Crippen LogP) is 3.82. The van der Waals surface area contributed by atoms with E-state index in [-0.39, 0.29) is 29.7 Å². The highest BCUT2D eigenvalue weighted by Crippen LogP contribution is 2.31. The fraction of sp³-hybridized carbons (Fsp3) is 0.391. The Kier molecular flexibility index (Phi) is 5.94. The minimum atomic E-state index is -0.195. The lowest BCUT2D eigenvalue weighted by Gasteiger charge is -2.37. The summed E-state index contributed by atoms with van der Waals surface area (Å²) < 4.78 is 0. The first-order valence-corrected chi connectivity index (χ1v) is 9.61. The van der Waals surface area contributed by atoms with Gasteiger partial charge >= 0.3 is 0 Å². The second-order valence-corrected chi connectivity index (χ2v) is 7.61. The number of hydrogen-bond acceptors (Lipinski definition) is 2. The zero-order valence-electron chi connectivity index (χ0n) is 16.3. The Morgan fingerprint density at radius 2 is 1.81 bits per heavy atom. The quantitative estimate of drug-likeness (QED) is 0.896. The molecule has 0 aliphatic carbocycles. The summed E-state index contributed by atoms with van der Waals surface area (Å²) in [5.74, 6) is 0.0425. The summed E-state index contributed by atoms with van der Waals surface area (Å²) in [6, 6.07) is 18.3. The highest BCUT2D eigenvalue weighted by Gasteiger charge is 2.34. The van der Waals surface area contributed by atoms with E-state index >= 15 is 0 Å². The van der Waals surface area contributed by atoms with Crippen LogP contribution in [-0.2, 0) is 9.59 Å². The molecule has 1 N–H and O–H groups in total. The molecule has 1 saturated heterocycles. The van der Waals surface area contributed by atoms with Gasteiger partial charge in [-0.2, -0.15) is 0 Å². The van der Waals surface area contributed by atoms with Crippen LogP contribution in [-0.4, -0.2) is 29.8 Å². The molecule has 3 atom stereocenters. The van der Waals surface area contributed by atoms with E-state index in [2.05, 4.69) is 30.4 Å². The van der Waals surface area contributed by atoms with E-state index in [0.29, 0.717) is 13.1 Å². The second kappa shape index (κ2) is 8.38. The van der Waals surface area contributed by atoms with Crippen LogP contribution in [0.4, 0.5) is 0 Å². The standard InChI is InChI=1S/C23H28N2O2/c1-16-8-7-11-20(12-16)21-13-22(15-25(14-21)18(3)26)23(27)24-17(2)19-9-5-4-6-10-19/h4-12,17,21-22H,13-15H2,1-3H3,(H,24,27). The minimum Gasteiger partial charge on any atom is -0.349 e. The number of nitrogens with zero attached hydrogens (tertiary/aromatic N) is 1. The summed E-state index contributed by atoms with van der Waals surface area (Å²) in [6.07, 6.45) is 0.764. The van der Waals surface area contributed by atoms with Gasteiger partial charge in [-0.15, -0.1) is 0 Å². The third-order valence-electron chi connectivity index (χ3n) is 5.44. The summed E-state index contributed by atoms with van der Waals surface area (Å²) in [5.41, 5.74) is 3.49. The van der Waals surface area contributed by atoms with Crippen LogP contribution in [0.3, 0.4) is 0 Å². The highest BCUT2D eigenvalue weighted by atomic mass is 16.2. The molecule has 27 heavy (non-hydrogen) atoms. The van der Waals surface area contributed by atoms with Crippen LogP contribution < -0.4 is 5.32 Å². The van der Waals surface area contributed by atoms with Crippen molar-refractivity contribution in [3.63, 3.8) is 0 Å². The number of carbonyl (C=O) groups is 2. The molecule has 2 aromatic carbocycles. The van der Waals surface area contributed by atoms with Gasteiger partial charge in [0.1, 0.15) is 0 Å². The third kappa shape index (κ3) is 4.76. The smallest absolute Gasteiger partial charge is 0.225 e. The zero-order chi connectivity index (χ0) is 19.4. The lowest BCUT2D eigenvalue weighted by molar-refractivity contribution is -0.134. The van der Waals surface area contributed by atoms with Gasteiger partial charge in [0.25, 0.3) is 0 Å². The third-order valence-corrected chi connectivity index (χ3v) is 5.44. The number of benzene rings is 2. The molecule has 2 amide bonds. The molecule has 1 aliphatic heterocycles. The van der Waals surface area contributed by atoms with Crippen molar-refractivity contribution in [2.24, 2.45) is 5.92 Å². The Morgan fingerprint density at radius 3 is 2.48 bits per heavy atom. The molecular weight excluding hydrogens is 336 g/mol. The number of amides is 2. The Balaban J connectivity index is 1.74. The summed E-state index contributed by atoms with van der Waals surface area (Å²) in [6.45, 7) is 6.82. The van der Waals surface area contributed by atoms with Crippen molar-refractivity contribution in [1.82, 2.24) is 10.2 Å². The fourth-order valence-corrected chi connectivity index (χ4v) is 3.87. The molecule has 1 fully saturated rings. The van der Waals surface area contributed by atoms with E-state index in [0.717, 1.165) is 12.0 Å². The normalized spacial score (nSPS) is 20.8. The summed E-state index contributed by atoms with van der Waals surface area (Å²) in [5, 5.41) is 3.13. The average Bonchev–Trinajstić information content (AvgIpc) is 2.68. The maximum Gasteiger partial charge on any atom is 0.225 e. The molecule has 0 radical (unpaired) electrons. The number of rotatable bonds is 4. The lowest BCUT2D eigenvalue weighted by Crippen LogP contribution is -2.47. The maximum absolute atomic E-state index is 12.9. The SMILES string of the molecule is CC(=O)N1CC(C(=O)NC(C)c2ccccc2)CC(c2cccc(C)c2)C1. The molecule has 3 unspecified atom stereocenters. The monoisotopic (exact) mass is 364 g/mol. The van der Waals surface area contributed by atoms with Crippen LogP contribution in [0.2, 0.25) is 0 Å². The number of piperidine rings is 1. The van der Waals surface area contributed by atoms with Crippen molar-refractivity contribution in [2.75, 3.05) is 13.1 Å². The molecule has 0 saturated carbocycles. The Bertz CT molecular complexity index is 803. The van der Waals surface area contributed by atoms with Crippen LogP contribution in [0, 0.1) is 12.8 Å². The minimum absolute atomic E-state index is 0.0231. The number of aryl methyl sites for hydroxylation is 1. The Hall–Kier alpha value is -2.62. The number of carbonyl (C=O) groups excluding carboxylic acids is 2. The van der Waals surface area contributed by atoms with Crippen molar-refractivity contribution < 1.29 is 9.59 Å². The van der Waals surface area contributed by atoms with Crippen LogP contribution in [0.15, 0.2) is 54.6 Å². The van der Waals surface area contributed by atoms with Gasteiger partial charge in [0.2, 0.25) is 11.8 Å². The Labute approximate surface area is 161 Å². The largest absolute Gasteiger partial charge is 0.349 e. The summed E-state index contributed by atoms with van der Waals surface area (Å²) >= 11 is 0. The summed E-state index contributed by atoms with van der Waals surface area (Å²) in [7, 11) is 0. The van der Waals surface area contributed by atoms with Gasteiger partial charge in [0.15, 0.2) is 0 Å². The first kappa shape index (κ1) is 19.2. The first-order valence-electron chi connectivity index (χ1n) is 9.61. The van der Waals surface area contributed by atoms with Gasteiger partial charge in [-0.3, -0.25) is 9.59 Å². The van der Waals surface area contributed by atoms with E-state index in [1.807, 2.05) is 48.2 Å². The van der Waals surface area contributed by atoms with Crippen LogP contribution >= 0.6 is 0 Å².